The van der Waals surface area contributed by atoms with E-state index in [1.807, 2.05) is 12.1 Å². The number of nitrogens with one attached hydrogen (secondary N) is 1. The van der Waals surface area contributed by atoms with Gasteiger partial charge in [-0.2, -0.15) is 0 Å². The molecule has 1 N–H and O–H groups in total. The lowest BCUT2D eigenvalue weighted by Gasteiger charge is -2.35. The molecule has 1 unspecified atom stereocenters. The molecule has 0 spiro atoms. The van der Waals surface area contributed by atoms with E-state index >= 15 is 0 Å². The summed E-state index contributed by atoms with van der Waals surface area (Å²) >= 11 is 0. The van der Waals surface area contributed by atoms with Crippen LogP contribution in [0.15, 0.2) is 24.3 Å². The zero-order chi connectivity index (χ0) is 13.9. The number of nitro benzene ring substituents is 1. The monoisotopic (exact) mass is 262 g/mol. The summed E-state index contributed by atoms with van der Waals surface area (Å²) in [5, 5.41) is 14.2. The van der Waals surface area contributed by atoms with Crippen LogP contribution in [0.5, 0.6) is 0 Å². The van der Waals surface area contributed by atoms with Crippen molar-refractivity contribution in [2.45, 2.75) is 52.1 Å². The molecule has 1 aliphatic carbocycles. The molecule has 1 aromatic rings. The van der Waals surface area contributed by atoms with Crippen LogP contribution in [0.4, 0.5) is 5.69 Å². The van der Waals surface area contributed by atoms with E-state index in [-0.39, 0.29) is 10.6 Å². The van der Waals surface area contributed by atoms with Gasteiger partial charge in [-0.05, 0) is 30.2 Å². The van der Waals surface area contributed by atoms with Crippen LogP contribution < -0.4 is 5.32 Å². The SMILES string of the molecule is CC1(C)CCCC(NCc2ccc([N+](=O)[O-])cc2)C1. The first-order valence-corrected chi connectivity index (χ1v) is 6.93. The fourth-order valence-electron chi connectivity index (χ4n) is 2.87. The van der Waals surface area contributed by atoms with Crippen LogP contribution in [0.2, 0.25) is 0 Å². The van der Waals surface area contributed by atoms with Crippen LogP contribution in [0.1, 0.15) is 45.1 Å². The smallest absolute Gasteiger partial charge is 0.269 e. The van der Waals surface area contributed by atoms with Crippen molar-refractivity contribution in [2.24, 2.45) is 5.41 Å². The largest absolute Gasteiger partial charge is 0.310 e. The minimum Gasteiger partial charge on any atom is -0.310 e. The molecule has 4 heteroatoms. The molecule has 1 atom stereocenters. The van der Waals surface area contributed by atoms with Gasteiger partial charge in [-0.25, -0.2) is 0 Å². The molecular formula is C15H22N2O2. The number of non-ortho nitro benzene ring substituents is 1. The topological polar surface area (TPSA) is 55.2 Å². The van der Waals surface area contributed by atoms with Crippen LogP contribution in [0.3, 0.4) is 0 Å². The molecule has 0 radical (unpaired) electrons. The molecule has 2 rings (SSSR count). The Bertz CT molecular complexity index is 440. The van der Waals surface area contributed by atoms with Gasteiger partial charge in [0.2, 0.25) is 0 Å². The Morgan fingerprint density at radius 3 is 2.63 bits per heavy atom. The highest BCUT2D eigenvalue weighted by Crippen LogP contribution is 2.35. The fraction of sp³-hybridized carbons (Fsp3) is 0.600. The summed E-state index contributed by atoms with van der Waals surface area (Å²) in [6, 6.07) is 7.38. The number of hydrogen-bond donors (Lipinski definition) is 1. The Balaban J connectivity index is 1.86. The third-order valence-electron chi connectivity index (χ3n) is 3.95. The van der Waals surface area contributed by atoms with Crippen LogP contribution in [-0.2, 0) is 6.54 Å². The van der Waals surface area contributed by atoms with E-state index in [1.165, 1.54) is 25.7 Å². The summed E-state index contributed by atoms with van der Waals surface area (Å²) in [6.45, 7) is 5.44. The van der Waals surface area contributed by atoms with Gasteiger partial charge in [0.15, 0.2) is 0 Å². The number of nitrogens with zero attached hydrogens (tertiary/aromatic N) is 1. The average Bonchev–Trinajstić information content (AvgIpc) is 2.36. The van der Waals surface area contributed by atoms with Gasteiger partial charge in [0.05, 0.1) is 4.92 Å². The third-order valence-corrected chi connectivity index (χ3v) is 3.95. The molecule has 0 saturated heterocycles. The number of hydrogen-bond acceptors (Lipinski definition) is 3. The molecule has 1 aromatic carbocycles. The summed E-state index contributed by atoms with van der Waals surface area (Å²) in [6.07, 6.45) is 5.03. The average molecular weight is 262 g/mol. The van der Waals surface area contributed by atoms with Crippen molar-refractivity contribution in [3.63, 3.8) is 0 Å². The van der Waals surface area contributed by atoms with Gasteiger partial charge in [-0.15, -0.1) is 0 Å². The highest BCUT2D eigenvalue weighted by atomic mass is 16.6. The van der Waals surface area contributed by atoms with E-state index < -0.39 is 0 Å². The van der Waals surface area contributed by atoms with Crippen molar-refractivity contribution >= 4 is 5.69 Å². The Morgan fingerprint density at radius 2 is 2.05 bits per heavy atom. The first-order valence-electron chi connectivity index (χ1n) is 6.93. The van der Waals surface area contributed by atoms with E-state index in [4.69, 9.17) is 0 Å². The van der Waals surface area contributed by atoms with Gasteiger partial charge in [0, 0.05) is 24.7 Å². The van der Waals surface area contributed by atoms with Crippen molar-refractivity contribution in [1.29, 1.82) is 0 Å². The molecule has 19 heavy (non-hydrogen) atoms. The lowest BCUT2D eigenvalue weighted by Crippen LogP contribution is -2.36. The van der Waals surface area contributed by atoms with E-state index in [0.717, 1.165) is 12.1 Å². The summed E-state index contributed by atoms with van der Waals surface area (Å²) in [5.41, 5.74) is 1.70. The number of nitro groups is 1. The maximum atomic E-state index is 10.6. The molecule has 4 nitrogen and oxygen atoms in total. The standard InChI is InChI=1S/C15H22N2O2/c1-15(2)9-3-4-13(10-15)16-11-12-5-7-14(8-6-12)17(18)19/h5-8,13,16H,3-4,9-11H2,1-2H3. The van der Waals surface area contributed by atoms with E-state index in [0.29, 0.717) is 11.5 Å². The molecule has 0 bridgehead atoms. The van der Waals surface area contributed by atoms with E-state index in [2.05, 4.69) is 19.2 Å². The zero-order valence-corrected chi connectivity index (χ0v) is 11.7. The summed E-state index contributed by atoms with van der Waals surface area (Å²) < 4.78 is 0. The molecule has 104 valence electrons. The van der Waals surface area contributed by atoms with Crippen LogP contribution in [0.25, 0.3) is 0 Å². The molecule has 0 aromatic heterocycles. The molecule has 1 fully saturated rings. The first kappa shape index (κ1) is 14.0. The first-order chi connectivity index (χ1) is 8.96. The molecule has 0 heterocycles. The zero-order valence-electron chi connectivity index (χ0n) is 11.7. The Kier molecular flexibility index (Phi) is 4.20. The van der Waals surface area contributed by atoms with Gasteiger partial charge >= 0.3 is 0 Å². The fourth-order valence-corrected chi connectivity index (χ4v) is 2.87. The molecular weight excluding hydrogens is 240 g/mol. The van der Waals surface area contributed by atoms with Gasteiger partial charge < -0.3 is 5.32 Å². The second kappa shape index (κ2) is 5.70. The van der Waals surface area contributed by atoms with Crippen molar-refractivity contribution in [2.75, 3.05) is 0 Å². The Labute approximate surface area is 114 Å². The van der Waals surface area contributed by atoms with Crippen molar-refractivity contribution in [3.8, 4) is 0 Å². The van der Waals surface area contributed by atoms with E-state index in [1.54, 1.807) is 12.1 Å². The summed E-state index contributed by atoms with van der Waals surface area (Å²) in [4.78, 5) is 10.2. The van der Waals surface area contributed by atoms with Gasteiger partial charge in [-0.1, -0.05) is 32.4 Å². The quantitative estimate of drug-likeness (QED) is 0.665. The maximum Gasteiger partial charge on any atom is 0.269 e. The van der Waals surface area contributed by atoms with Crippen LogP contribution in [-0.4, -0.2) is 11.0 Å². The van der Waals surface area contributed by atoms with Crippen LogP contribution in [0, 0.1) is 15.5 Å². The highest BCUT2D eigenvalue weighted by Gasteiger charge is 2.27. The Morgan fingerprint density at radius 1 is 1.37 bits per heavy atom. The lowest BCUT2D eigenvalue weighted by atomic mass is 9.75. The molecule has 1 saturated carbocycles. The lowest BCUT2D eigenvalue weighted by molar-refractivity contribution is -0.384. The van der Waals surface area contributed by atoms with Crippen LogP contribution >= 0.6 is 0 Å². The highest BCUT2D eigenvalue weighted by molar-refractivity contribution is 5.32. The predicted octanol–water partition coefficient (Wildman–Crippen LogP) is 3.65. The summed E-state index contributed by atoms with van der Waals surface area (Å²) in [5.74, 6) is 0. The van der Waals surface area contributed by atoms with E-state index in [9.17, 15) is 10.1 Å². The Hall–Kier alpha value is -1.42. The number of rotatable bonds is 4. The maximum absolute atomic E-state index is 10.6. The molecule has 0 aliphatic heterocycles. The minimum atomic E-state index is -0.360. The second-order valence-electron chi connectivity index (χ2n) is 6.26. The predicted molar refractivity (Wildman–Crippen MR) is 76.0 cm³/mol. The summed E-state index contributed by atoms with van der Waals surface area (Å²) in [7, 11) is 0. The van der Waals surface area contributed by atoms with Gasteiger partial charge in [0.1, 0.15) is 0 Å². The normalized spacial score (nSPS) is 22.1. The van der Waals surface area contributed by atoms with Crippen molar-refractivity contribution < 1.29 is 4.92 Å². The molecule has 0 amide bonds. The van der Waals surface area contributed by atoms with Crippen molar-refractivity contribution in [1.82, 2.24) is 5.32 Å². The van der Waals surface area contributed by atoms with Gasteiger partial charge in [-0.3, -0.25) is 10.1 Å². The minimum absolute atomic E-state index is 0.155. The third kappa shape index (κ3) is 4.03. The second-order valence-corrected chi connectivity index (χ2v) is 6.26. The molecule has 1 aliphatic rings. The van der Waals surface area contributed by atoms with Gasteiger partial charge in [0.25, 0.3) is 5.69 Å². The van der Waals surface area contributed by atoms with Crippen molar-refractivity contribution in [3.05, 3.63) is 39.9 Å². The number of benzene rings is 1.